The van der Waals surface area contributed by atoms with Crippen LogP contribution >= 0.6 is 0 Å². The molecule has 0 aromatic heterocycles. The van der Waals surface area contributed by atoms with Crippen LogP contribution in [0, 0.1) is 21.4 Å². The minimum atomic E-state index is -0.538. The number of nitriles is 1. The molecule has 0 aliphatic heterocycles. The number of non-ortho nitro benzene ring substituents is 1. The molecule has 0 radical (unpaired) electrons. The first-order chi connectivity index (χ1) is 12.5. The van der Waals surface area contributed by atoms with E-state index in [1.165, 1.54) is 25.3 Å². The van der Waals surface area contributed by atoms with E-state index in [9.17, 15) is 15.4 Å². The Morgan fingerprint density at radius 1 is 1.31 bits per heavy atom. The Kier molecular flexibility index (Phi) is 6.36. The Labute approximate surface area is 150 Å². The van der Waals surface area contributed by atoms with E-state index in [4.69, 9.17) is 14.6 Å². The lowest BCUT2D eigenvalue weighted by atomic mass is 10.1. The van der Waals surface area contributed by atoms with Gasteiger partial charge in [0.15, 0.2) is 11.5 Å². The van der Waals surface area contributed by atoms with Gasteiger partial charge in [-0.2, -0.15) is 5.26 Å². The fourth-order valence-corrected chi connectivity index (χ4v) is 2.41. The van der Waals surface area contributed by atoms with E-state index in [-0.39, 0.29) is 30.5 Å². The van der Waals surface area contributed by atoms with Gasteiger partial charge in [0, 0.05) is 18.2 Å². The Morgan fingerprint density at radius 3 is 2.69 bits per heavy atom. The SMILES string of the molecule is COc1cc(C(C)Nc2ccc([N+](=O)[O-])cc2C#N)ccc1OCCO. The first-order valence-electron chi connectivity index (χ1n) is 7.86. The molecule has 26 heavy (non-hydrogen) atoms. The van der Waals surface area contributed by atoms with Gasteiger partial charge in [-0.05, 0) is 30.7 Å². The summed E-state index contributed by atoms with van der Waals surface area (Å²) in [6.07, 6.45) is 0. The van der Waals surface area contributed by atoms with Crippen molar-refractivity contribution in [1.29, 1.82) is 5.26 Å². The molecule has 0 amide bonds. The zero-order valence-corrected chi connectivity index (χ0v) is 14.4. The highest BCUT2D eigenvalue weighted by molar-refractivity contribution is 5.62. The standard InChI is InChI=1S/C18H19N3O5/c1-12(13-3-6-17(26-8-7-22)18(10-13)25-2)20-16-5-4-15(21(23)24)9-14(16)11-19/h3-6,9-10,12,20,22H,7-8H2,1-2H3. The summed E-state index contributed by atoms with van der Waals surface area (Å²) in [6, 6.07) is 11.3. The van der Waals surface area contributed by atoms with E-state index >= 15 is 0 Å². The summed E-state index contributed by atoms with van der Waals surface area (Å²) in [7, 11) is 1.52. The Morgan fingerprint density at radius 2 is 2.08 bits per heavy atom. The maximum absolute atomic E-state index is 10.8. The van der Waals surface area contributed by atoms with Crippen LogP contribution in [0.2, 0.25) is 0 Å². The molecule has 2 aromatic rings. The molecule has 136 valence electrons. The molecule has 1 atom stereocenters. The van der Waals surface area contributed by atoms with Crippen molar-refractivity contribution in [2.75, 3.05) is 25.6 Å². The third-order valence-corrected chi connectivity index (χ3v) is 3.74. The van der Waals surface area contributed by atoms with Gasteiger partial charge in [-0.3, -0.25) is 10.1 Å². The molecule has 0 aliphatic rings. The summed E-state index contributed by atoms with van der Waals surface area (Å²) in [5.41, 5.74) is 1.44. The number of rotatable bonds is 8. The van der Waals surface area contributed by atoms with Gasteiger partial charge in [0.25, 0.3) is 5.69 Å². The molecule has 0 saturated heterocycles. The average molecular weight is 357 g/mol. The molecule has 0 saturated carbocycles. The maximum Gasteiger partial charge on any atom is 0.270 e. The number of hydrogen-bond acceptors (Lipinski definition) is 7. The molecule has 0 heterocycles. The average Bonchev–Trinajstić information content (AvgIpc) is 2.66. The largest absolute Gasteiger partial charge is 0.493 e. The predicted octanol–water partition coefficient (Wildman–Crippen LogP) is 3.02. The molecule has 2 rings (SSSR count). The van der Waals surface area contributed by atoms with Crippen molar-refractivity contribution in [2.45, 2.75) is 13.0 Å². The number of nitro groups is 1. The van der Waals surface area contributed by atoms with Gasteiger partial charge in [-0.25, -0.2) is 0 Å². The van der Waals surface area contributed by atoms with E-state index in [2.05, 4.69) is 5.32 Å². The van der Waals surface area contributed by atoms with Crippen molar-refractivity contribution in [3.63, 3.8) is 0 Å². The van der Waals surface area contributed by atoms with Crippen LogP contribution in [-0.4, -0.2) is 30.4 Å². The van der Waals surface area contributed by atoms with Gasteiger partial charge in [-0.15, -0.1) is 0 Å². The summed E-state index contributed by atoms with van der Waals surface area (Å²) in [5.74, 6) is 1.04. The van der Waals surface area contributed by atoms with Crippen LogP contribution in [0.25, 0.3) is 0 Å². The number of anilines is 1. The van der Waals surface area contributed by atoms with Crippen molar-refractivity contribution < 1.29 is 19.5 Å². The molecule has 0 fully saturated rings. The molecule has 2 N–H and O–H groups in total. The summed E-state index contributed by atoms with van der Waals surface area (Å²) in [4.78, 5) is 10.3. The van der Waals surface area contributed by atoms with Crippen LogP contribution in [-0.2, 0) is 0 Å². The van der Waals surface area contributed by atoms with Crippen molar-refractivity contribution in [3.05, 3.63) is 57.6 Å². The van der Waals surface area contributed by atoms with Gasteiger partial charge >= 0.3 is 0 Å². The number of aliphatic hydroxyl groups is 1. The smallest absolute Gasteiger partial charge is 0.270 e. The van der Waals surface area contributed by atoms with E-state index in [1.807, 2.05) is 19.1 Å². The Balaban J connectivity index is 2.23. The van der Waals surface area contributed by atoms with Crippen LogP contribution in [0.1, 0.15) is 24.1 Å². The second-order valence-electron chi connectivity index (χ2n) is 5.45. The van der Waals surface area contributed by atoms with E-state index in [0.717, 1.165) is 5.56 Å². The molecule has 8 heteroatoms. The zero-order valence-electron chi connectivity index (χ0n) is 14.4. The fourth-order valence-electron chi connectivity index (χ4n) is 2.41. The fraction of sp³-hybridized carbons (Fsp3) is 0.278. The number of benzene rings is 2. The lowest BCUT2D eigenvalue weighted by molar-refractivity contribution is -0.384. The highest BCUT2D eigenvalue weighted by Crippen LogP contribution is 2.32. The number of methoxy groups -OCH3 is 1. The molecule has 0 spiro atoms. The van der Waals surface area contributed by atoms with Crippen molar-refractivity contribution in [3.8, 4) is 17.6 Å². The second-order valence-corrected chi connectivity index (χ2v) is 5.45. The number of nitro benzene ring substituents is 1. The van der Waals surface area contributed by atoms with E-state index in [0.29, 0.717) is 17.2 Å². The van der Waals surface area contributed by atoms with Crippen LogP contribution in [0.4, 0.5) is 11.4 Å². The van der Waals surface area contributed by atoms with Crippen molar-refractivity contribution in [2.24, 2.45) is 0 Å². The monoisotopic (exact) mass is 357 g/mol. The number of ether oxygens (including phenoxy) is 2. The lowest BCUT2D eigenvalue weighted by Crippen LogP contribution is -2.09. The Bertz CT molecular complexity index is 832. The van der Waals surface area contributed by atoms with Gasteiger partial charge < -0.3 is 19.9 Å². The number of aliphatic hydroxyl groups excluding tert-OH is 1. The second kappa shape index (κ2) is 8.69. The topological polar surface area (TPSA) is 118 Å². The molecular weight excluding hydrogens is 338 g/mol. The number of nitrogens with zero attached hydrogens (tertiary/aromatic N) is 2. The highest BCUT2D eigenvalue weighted by Gasteiger charge is 2.15. The number of hydrogen-bond donors (Lipinski definition) is 2. The third kappa shape index (κ3) is 4.40. The quantitative estimate of drug-likeness (QED) is 0.551. The number of nitrogens with one attached hydrogen (secondary N) is 1. The van der Waals surface area contributed by atoms with Gasteiger partial charge in [0.2, 0.25) is 0 Å². The van der Waals surface area contributed by atoms with Crippen molar-refractivity contribution >= 4 is 11.4 Å². The maximum atomic E-state index is 10.8. The molecule has 0 aliphatic carbocycles. The molecular formula is C18H19N3O5. The minimum Gasteiger partial charge on any atom is -0.493 e. The Hall–Kier alpha value is -3.31. The predicted molar refractivity (Wildman–Crippen MR) is 95.4 cm³/mol. The first-order valence-corrected chi connectivity index (χ1v) is 7.86. The first kappa shape index (κ1) is 19.0. The summed E-state index contributed by atoms with van der Waals surface area (Å²) >= 11 is 0. The van der Waals surface area contributed by atoms with Crippen LogP contribution in [0.5, 0.6) is 11.5 Å². The lowest BCUT2D eigenvalue weighted by Gasteiger charge is -2.18. The summed E-state index contributed by atoms with van der Waals surface area (Å²) in [5, 5.41) is 32.1. The zero-order chi connectivity index (χ0) is 19.1. The summed E-state index contributed by atoms with van der Waals surface area (Å²) in [6.45, 7) is 1.96. The van der Waals surface area contributed by atoms with E-state index in [1.54, 1.807) is 12.1 Å². The van der Waals surface area contributed by atoms with E-state index < -0.39 is 4.92 Å². The molecule has 0 bridgehead atoms. The summed E-state index contributed by atoms with van der Waals surface area (Å²) < 4.78 is 10.7. The van der Waals surface area contributed by atoms with Gasteiger partial charge in [0.05, 0.1) is 29.9 Å². The normalized spacial score (nSPS) is 11.3. The third-order valence-electron chi connectivity index (χ3n) is 3.74. The molecule has 2 aromatic carbocycles. The van der Waals surface area contributed by atoms with Crippen LogP contribution < -0.4 is 14.8 Å². The molecule has 8 nitrogen and oxygen atoms in total. The molecule has 1 unspecified atom stereocenters. The van der Waals surface area contributed by atoms with Crippen LogP contribution in [0.3, 0.4) is 0 Å². The highest BCUT2D eigenvalue weighted by atomic mass is 16.6. The van der Waals surface area contributed by atoms with Crippen molar-refractivity contribution in [1.82, 2.24) is 0 Å². The van der Waals surface area contributed by atoms with Gasteiger partial charge in [0.1, 0.15) is 12.7 Å². The van der Waals surface area contributed by atoms with Gasteiger partial charge in [-0.1, -0.05) is 6.07 Å². The minimum absolute atomic E-state index is 0.0973. The van der Waals surface area contributed by atoms with Crippen LogP contribution in [0.15, 0.2) is 36.4 Å².